The average molecular weight is 326 g/mol. The van der Waals surface area contributed by atoms with Gasteiger partial charge in [0.15, 0.2) is 0 Å². The van der Waals surface area contributed by atoms with E-state index in [0.717, 1.165) is 0 Å². The third-order valence-corrected chi connectivity index (χ3v) is 5.04. The third kappa shape index (κ3) is 19.9. The molecule has 0 spiro atoms. The zero-order valence-corrected chi connectivity index (χ0v) is 16.9. The van der Waals surface area contributed by atoms with Crippen LogP contribution < -0.4 is 0 Å². The molecule has 0 saturated heterocycles. The molecule has 1 nitrogen and oxygen atoms in total. The molecular formula is C22H47N. The first-order valence-corrected chi connectivity index (χ1v) is 11.0. The first kappa shape index (κ1) is 23.0. The lowest BCUT2D eigenvalue weighted by atomic mass is 10.1. The second-order valence-corrected chi connectivity index (χ2v) is 7.61. The van der Waals surface area contributed by atoms with Crippen LogP contribution in [0.25, 0.3) is 0 Å². The van der Waals surface area contributed by atoms with Crippen molar-refractivity contribution < 1.29 is 0 Å². The van der Waals surface area contributed by atoms with Crippen molar-refractivity contribution in [2.75, 3.05) is 20.1 Å². The maximum absolute atomic E-state index is 2.55. The lowest BCUT2D eigenvalue weighted by Gasteiger charge is -2.16. The number of rotatable bonds is 19. The maximum Gasteiger partial charge on any atom is -0.00218 e. The Labute approximate surface area is 148 Å². The van der Waals surface area contributed by atoms with Crippen LogP contribution in [0.3, 0.4) is 0 Å². The molecule has 0 atom stereocenters. The molecule has 0 heterocycles. The first-order chi connectivity index (χ1) is 11.3. The fraction of sp³-hybridized carbons (Fsp3) is 1.00. The van der Waals surface area contributed by atoms with Crippen molar-refractivity contribution >= 4 is 0 Å². The van der Waals surface area contributed by atoms with Crippen molar-refractivity contribution in [3.63, 3.8) is 0 Å². The van der Waals surface area contributed by atoms with E-state index in [1.54, 1.807) is 0 Å². The summed E-state index contributed by atoms with van der Waals surface area (Å²) in [7, 11) is 2.31. The fourth-order valence-corrected chi connectivity index (χ4v) is 3.32. The second kappa shape index (κ2) is 20.0. The van der Waals surface area contributed by atoms with Crippen molar-refractivity contribution in [3.8, 4) is 0 Å². The topological polar surface area (TPSA) is 3.24 Å². The highest BCUT2D eigenvalue weighted by Crippen LogP contribution is 2.11. The predicted octanol–water partition coefficient (Wildman–Crippen LogP) is 7.59. The van der Waals surface area contributed by atoms with E-state index in [0.29, 0.717) is 0 Å². The second-order valence-electron chi connectivity index (χ2n) is 7.61. The van der Waals surface area contributed by atoms with Crippen LogP contribution in [0.1, 0.15) is 123 Å². The van der Waals surface area contributed by atoms with Crippen LogP contribution in [-0.2, 0) is 0 Å². The molecule has 0 radical (unpaired) electrons. The predicted molar refractivity (Wildman–Crippen MR) is 107 cm³/mol. The minimum absolute atomic E-state index is 1.31. The largest absolute Gasteiger partial charge is 0.306 e. The normalized spacial score (nSPS) is 11.5. The Morgan fingerprint density at radius 2 is 0.652 bits per heavy atom. The molecule has 0 amide bonds. The van der Waals surface area contributed by atoms with E-state index in [4.69, 9.17) is 0 Å². The molecule has 0 fully saturated rings. The number of hydrogen-bond acceptors (Lipinski definition) is 1. The van der Waals surface area contributed by atoms with E-state index < -0.39 is 0 Å². The van der Waals surface area contributed by atoms with E-state index in [2.05, 4.69) is 25.8 Å². The highest BCUT2D eigenvalue weighted by atomic mass is 15.1. The molecule has 0 aromatic heterocycles. The van der Waals surface area contributed by atoms with Crippen LogP contribution >= 0.6 is 0 Å². The third-order valence-electron chi connectivity index (χ3n) is 5.04. The fourth-order valence-electron chi connectivity index (χ4n) is 3.32. The summed E-state index contributed by atoms with van der Waals surface area (Å²) in [4.78, 5) is 2.55. The van der Waals surface area contributed by atoms with Gasteiger partial charge < -0.3 is 4.90 Å². The molecule has 1 heteroatoms. The molecule has 0 saturated carbocycles. The summed E-state index contributed by atoms with van der Waals surface area (Å²) in [6, 6.07) is 0. The molecule has 0 rings (SSSR count). The van der Waals surface area contributed by atoms with Crippen LogP contribution in [0.4, 0.5) is 0 Å². The summed E-state index contributed by atoms with van der Waals surface area (Å²) < 4.78 is 0. The smallest absolute Gasteiger partial charge is 0.00218 e. The number of nitrogens with zero attached hydrogens (tertiary/aromatic N) is 1. The van der Waals surface area contributed by atoms with Gasteiger partial charge in [-0.25, -0.2) is 0 Å². The molecule has 23 heavy (non-hydrogen) atoms. The summed E-state index contributed by atoms with van der Waals surface area (Å²) in [5.74, 6) is 0. The van der Waals surface area contributed by atoms with Gasteiger partial charge in [-0.1, -0.05) is 110 Å². The van der Waals surface area contributed by atoms with Gasteiger partial charge in [-0.2, -0.15) is 0 Å². The van der Waals surface area contributed by atoms with Gasteiger partial charge in [0.25, 0.3) is 0 Å². The van der Waals surface area contributed by atoms with Gasteiger partial charge in [-0.3, -0.25) is 0 Å². The van der Waals surface area contributed by atoms with Crippen molar-refractivity contribution in [2.45, 2.75) is 123 Å². The molecular weight excluding hydrogens is 278 g/mol. The SMILES string of the molecule is CCCCCCCCCCCN(C)CCCCCCCCCC. The Hall–Kier alpha value is -0.0400. The molecule has 0 aliphatic carbocycles. The van der Waals surface area contributed by atoms with Crippen LogP contribution in [0, 0.1) is 0 Å². The quantitative estimate of drug-likeness (QED) is 0.221. The van der Waals surface area contributed by atoms with Gasteiger partial charge in [0.2, 0.25) is 0 Å². The van der Waals surface area contributed by atoms with E-state index >= 15 is 0 Å². The van der Waals surface area contributed by atoms with E-state index in [1.807, 2.05) is 0 Å². The summed E-state index contributed by atoms with van der Waals surface area (Å²) in [5, 5.41) is 0. The highest BCUT2D eigenvalue weighted by molar-refractivity contribution is 4.54. The van der Waals surface area contributed by atoms with E-state index in [9.17, 15) is 0 Å². The van der Waals surface area contributed by atoms with Crippen LogP contribution in [-0.4, -0.2) is 25.0 Å². The van der Waals surface area contributed by atoms with Crippen molar-refractivity contribution in [1.29, 1.82) is 0 Å². The zero-order valence-electron chi connectivity index (χ0n) is 16.9. The van der Waals surface area contributed by atoms with Crippen LogP contribution in [0.2, 0.25) is 0 Å². The van der Waals surface area contributed by atoms with Crippen LogP contribution in [0.5, 0.6) is 0 Å². The Balaban J connectivity index is 3.11. The standard InChI is InChI=1S/C22H47N/c1-4-6-8-10-12-14-16-18-20-22-23(3)21-19-17-15-13-11-9-7-5-2/h4-22H2,1-3H3. The van der Waals surface area contributed by atoms with Gasteiger partial charge in [0.1, 0.15) is 0 Å². The van der Waals surface area contributed by atoms with E-state index in [-0.39, 0.29) is 0 Å². The number of hydrogen-bond donors (Lipinski definition) is 0. The minimum atomic E-state index is 1.31. The lowest BCUT2D eigenvalue weighted by molar-refractivity contribution is 0.314. The molecule has 0 aliphatic rings. The highest BCUT2D eigenvalue weighted by Gasteiger charge is 1.99. The summed E-state index contributed by atoms with van der Waals surface area (Å²) in [6.45, 7) is 7.21. The summed E-state index contributed by atoms with van der Waals surface area (Å²) in [5.41, 5.74) is 0. The molecule has 0 aromatic carbocycles. The molecule has 0 bridgehead atoms. The van der Waals surface area contributed by atoms with Gasteiger partial charge >= 0.3 is 0 Å². The zero-order chi connectivity index (χ0) is 17.0. The van der Waals surface area contributed by atoms with Crippen LogP contribution in [0.15, 0.2) is 0 Å². The number of unbranched alkanes of at least 4 members (excludes halogenated alkanes) is 15. The maximum atomic E-state index is 2.55. The summed E-state index contributed by atoms with van der Waals surface area (Å²) >= 11 is 0. The lowest BCUT2D eigenvalue weighted by Crippen LogP contribution is -2.20. The molecule has 0 aliphatic heterocycles. The summed E-state index contributed by atoms with van der Waals surface area (Å²) in [6.07, 6.45) is 24.4. The Kier molecular flexibility index (Phi) is 20.0. The monoisotopic (exact) mass is 325 g/mol. The van der Waals surface area contributed by atoms with Gasteiger partial charge in [-0.15, -0.1) is 0 Å². The van der Waals surface area contributed by atoms with Crippen molar-refractivity contribution in [1.82, 2.24) is 4.90 Å². The average Bonchev–Trinajstić information content (AvgIpc) is 2.56. The Bertz CT molecular complexity index is 202. The molecule has 0 aromatic rings. The van der Waals surface area contributed by atoms with Gasteiger partial charge in [-0.05, 0) is 33.0 Å². The van der Waals surface area contributed by atoms with Crippen molar-refractivity contribution in [3.05, 3.63) is 0 Å². The minimum Gasteiger partial charge on any atom is -0.306 e. The molecule has 0 N–H and O–H groups in total. The van der Waals surface area contributed by atoms with Gasteiger partial charge in [0.05, 0.1) is 0 Å². The Morgan fingerprint density at radius 3 is 0.957 bits per heavy atom. The molecule has 0 unspecified atom stereocenters. The van der Waals surface area contributed by atoms with Crippen molar-refractivity contribution in [2.24, 2.45) is 0 Å². The van der Waals surface area contributed by atoms with E-state index in [1.165, 1.54) is 122 Å². The molecule has 140 valence electrons. The first-order valence-electron chi connectivity index (χ1n) is 11.0. The Morgan fingerprint density at radius 1 is 0.391 bits per heavy atom. The van der Waals surface area contributed by atoms with Gasteiger partial charge in [0, 0.05) is 0 Å².